The van der Waals surface area contributed by atoms with Crippen molar-refractivity contribution in [2.45, 2.75) is 120 Å². The minimum absolute atomic E-state index is 0.00116. The summed E-state index contributed by atoms with van der Waals surface area (Å²) in [7, 11) is 0. The standard InChI is InChI=1S/C20H32O3.C12H24O3/c1-15-9-8-10-16(11-15)12-21-13-18(2,3)17-19(4,5)14-22-20(6,7)23-17;1-10(2,7-13)9-11(3,4)8-14-12(5,6)15-9/h8-11,17H,12-14H2,1-7H3;9,13H,7-8H2,1-6H3. The van der Waals surface area contributed by atoms with E-state index < -0.39 is 11.6 Å². The summed E-state index contributed by atoms with van der Waals surface area (Å²) in [6.45, 7) is 29.8. The maximum Gasteiger partial charge on any atom is 0.163 e. The number of aliphatic hydroxyl groups excluding tert-OH is 1. The molecule has 0 aliphatic carbocycles. The monoisotopic (exact) mass is 536 g/mol. The lowest BCUT2D eigenvalue weighted by Gasteiger charge is -2.51. The molecule has 1 N–H and O–H groups in total. The average Bonchev–Trinajstić information content (AvgIpc) is 2.78. The Balaban J connectivity index is 0.000000293. The van der Waals surface area contributed by atoms with E-state index in [1.54, 1.807) is 0 Å². The first-order chi connectivity index (χ1) is 17.1. The molecule has 0 bridgehead atoms. The molecule has 2 aliphatic heterocycles. The van der Waals surface area contributed by atoms with E-state index in [2.05, 4.69) is 72.7 Å². The number of hydrogen-bond donors (Lipinski definition) is 1. The van der Waals surface area contributed by atoms with Gasteiger partial charge < -0.3 is 28.8 Å². The molecule has 6 nitrogen and oxygen atoms in total. The van der Waals surface area contributed by atoms with Crippen molar-refractivity contribution in [1.29, 1.82) is 0 Å². The molecule has 0 spiro atoms. The Kier molecular flexibility index (Phi) is 10.3. The van der Waals surface area contributed by atoms with Crippen LogP contribution in [0, 0.1) is 28.6 Å². The summed E-state index contributed by atoms with van der Waals surface area (Å²) in [5, 5.41) is 9.43. The van der Waals surface area contributed by atoms with Crippen molar-refractivity contribution in [2.75, 3.05) is 26.4 Å². The summed E-state index contributed by atoms with van der Waals surface area (Å²) in [5.74, 6) is -1.08. The molecule has 1 aromatic rings. The molecule has 2 unspecified atom stereocenters. The van der Waals surface area contributed by atoms with Crippen LogP contribution in [0.25, 0.3) is 0 Å². The number of hydrogen-bond acceptors (Lipinski definition) is 6. The van der Waals surface area contributed by atoms with Gasteiger partial charge in [0.2, 0.25) is 0 Å². The van der Waals surface area contributed by atoms with Crippen LogP contribution in [0.5, 0.6) is 0 Å². The van der Waals surface area contributed by atoms with Crippen LogP contribution in [-0.2, 0) is 30.3 Å². The van der Waals surface area contributed by atoms with Crippen LogP contribution in [0.2, 0.25) is 0 Å². The largest absolute Gasteiger partial charge is 0.396 e. The predicted molar refractivity (Wildman–Crippen MR) is 153 cm³/mol. The molecule has 2 saturated heterocycles. The van der Waals surface area contributed by atoms with E-state index in [1.165, 1.54) is 11.1 Å². The van der Waals surface area contributed by atoms with Gasteiger partial charge in [-0.15, -0.1) is 0 Å². The highest BCUT2D eigenvalue weighted by Gasteiger charge is 2.50. The van der Waals surface area contributed by atoms with Gasteiger partial charge in [-0.25, -0.2) is 0 Å². The zero-order chi connectivity index (χ0) is 29.2. The molecule has 220 valence electrons. The Morgan fingerprint density at radius 1 is 0.816 bits per heavy atom. The van der Waals surface area contributed by atoms with Crippen LogP contribution in [0.1, 0.15) is 94.2 Å². The zero-order valence-electron chi connectivity index (χ0n) is 26.5. The van der Waals surface area contributed by atoms with Gasteiger partial charge in [-0.2, -0.15) is 0 Å². The first-order valence-electron chi connectivity index (χ1n) is 14.0. The Morgan fingerprint density at radius 3 is 1.74 bits per heavy atom. The minimum atomic E-state index is -0.549. The summed E-state index contributed by atoms with van der Waals surface area (Å²) < 4.78 is 29.7. The first-order valence-corrected chi connectivity index (χ1v) is 14.0. The first kappa shape index (κ1) is 33.2. The van der Waals surface area contributed by atoms with E-state index in [0.717, 1.165) is 0 Å². The highest BCUT2D eigenvalue weighted by atomic mass is 16.7. The number of rotatable bonds is 7. The molecule has 2 fully saturated rings. The third-order valence-electron chi connectivity index (χ3n) is 7.46. The third-order valence-corrected chi connectivity index (χ3v) is 7.46. The van der Waals surface area contributed by atoms with Crippen molar-refractivity contribution < 1.29 is 28.8 Å². The molecule has 1 aromatic carbocycles. The lowest BCUT2D eigenvalue weighted by atomic mass is 9.71. The van der Waals surface area contributed by atoms with E-state index >= 15 is 0 Å². The second-order valence-corrected chi connectivity index (χ2v) is 15.0. The molecule has 2 heterocycles. The normalized spacial score (nSPS) is 26.3. The van der Waals surface area contributed by atoms with Crippen LogP contribution in [0.4, 0.5) is 0 Å². The fourth-order valence-electron chi connectivity index (χ4n) is 5.65. The molecule has 0 aromatic heterocycles. The maximum atomic E-state index is 9.43. The fourth-order valence-corrected chi connectivity index (χ4v) is 5.65. The molecule has 0 radical (unpaired) electrons. The smallest absolute Gasteiger partial charge is 0.163 e. The molecule has 2 aliphatic rings. The molecule has 3 rings (SSSR count). The van der Waals surface area contributed by atoms with Gasteiger partial charge in [0, 0.05) is 21.7 Å². The van der Waals surface area contributed by atoms with Crippen LogP contribution in [0.15, 0.2) is 24.3 Å². The van der Waals surface area contributed by atoms with Crippen molar-refractivity contribution in [3.63, 3.8) is 0 Å². The van der Waals surface area contributed by atoms with Crippen molar-refractivity contribution in [1.82, 2.24) is 0 Å². The Bertz CT molecular complexity index is 891. The van der Waals surface area contributed by atoms with E-state index in [0.29, 0.717) is 26.4 Å². The van der Waals surface area contributed by atoms with Crippen LogP contribution in [0.3, 0.4) is 0 Å². The molecule has 38 heavy (non-hydrogen) atoms. The van der Waals surface area contributed by atoms with Crippen LogP contribution >= 0.6 is 0 Å². The van der Waals surface area contributed by atoms with Crippen molar-refractivity contribution in [3.05, 3.63) is 35.4 Å². The number of benzene rings is 1. The van der Waals surface area contributed by atoms with E-state index in [1.807, 2.05) is 41.5 Å². The lowest BCUT2D eigenvalue weighted by Crippen LogP contribution is -2.57. The van der Waals surface area contributed by atoms with Crippen molar-refractivity contribution in [3.8, 4) is 0 Å². The van der Waals surface area contributed by atoms with Crippen molar-refractivity contribution >= 4 is 0 Å². The van der Waals surface area contributed by atoms with Gasteiger partial charge in [0.05, 0.1) is 45.2 Å². The lowest BCUT2D eigenvalue weighted by molar-refractivity contribution is -0.334. The third kappa shape index (κ3) is 9.00. The van der Waals surface area contributed by atoms with Gasteiger partial charge in [-0.1, -0.05) is 85.2 Å². The van der Waals surface area contributed by atoms with Gasteiger partial charge in [0.1, 0.15) is 0 Å². The van der Waals surface area contributed by atoms with Gasteiger partial charge in [-0.05, 0) is 40.2 Å². The number of ether oxygens (including phenoxy) is 5. The number of aryl methyl sites for hydroxylation is 1. The summed E-state index contributed by atoms with van der Waals surface area (Å²) in [6, 6.07) is 8.46. The summed E-state index contributed by atoms with van der Waals surface area (Å²) in [5.41, 5.74) is 2.04. The van der Waals surface area contributed by atoms with Gasteiger partial charge in [-0.3, -0.25) is 0 Å². The number of aliphatic hydroxyl groups is 1. The molecule has 6 heteroatoms. The SMILES string of the molecule is CC1(C)OCC(C)(C)C(C(C)(C)CO)O1.Cc1cccc(COCC(C)(C)C2OC(C)(C)OCC2(C)C)c1. The molecule has 2 atom stereocenters. The van der Waals surface area contributed by atoms with E-state index in [-0.39, 0.29) is 40.5 Å². The highest BCUT2D eigenvalue weighted by molar-refractivity contribution is 5.21. The van der Waals surface area contributed by atoms with E-state index in [9.17, 15) is 5.11 Å². The maximum absolute atomic E-state index is 9.43. The second-order valence-electron chi connectivity index (χ2n) is 15.0. The second kappa shape index (κ2) is 11.8. The van der Waals surface area contributed by atoms with Gasteiger partial charge in [0.15, 0.2) is 11.6 Å². The quantitative estimate of drug-likeness (QED) is 0.409. The summed E-state index contributed by atoms with van der Waals surface area (Å²) in [6.07, 6.45) is 0.0787. The van der Waals surface area contributed by atoms with Crippen LogP contribution < -0.4 is 0 Å². The summed E-state index contributed by atoms with van der Waals surface area (Å²) in [4.78, 5) is 0. The minimum Gasteiger partial charge on any atom is -0.396 e. The topological polar surface area (TPSA) is 66.4 Å². The molecule has 0 saturated carbocycles. The van der Waals surface area contributed by atoms with Gasteiger partial charge >= 0.3 is 0 Å². The van der Waals surface area contributed by atoms with Crippen molar-refractivity contribution in [2.24, 2.45) is 21.7 Å². The highest BCUT2D eigenvalue weighted by Crippen LogP contribution is 2.44. The molecular weight excluding hydrogens is 480 g/mol. The van der Waals surface area contributed by atoms with Crippen LogP contribution in [-0.4, -0.2) is 55.3 Å². The predicted octanol–water partition coefficient (Wildman–Crippen LogP) is 6.90. The fraction of sp³-hybridized carbons (Fsp3) is 0.812. The van der Waals surface area contributed by atoms with Gasteiger partial charge in [0.25, 0.3) is 0 Å². The molecule has 0 amide bonds. The molecular formula is C32H56O6. The summed E-state index contributed by atoms with van der Waals surface area (Å²) >= 11 is 0. The Labute approximate surface area is 232 Å². The van der Waals surface area contributed by atoms with E-state index in [4.69, 9.17) is 23.7 Å². The Hall–Kier alpha value is -1.02. The Morgan fingerprint density at radius 2 is 1.29 bits per heavy atom. The zero-order valence-corrected chi connectivity index (χ0v) is 26.5. The average molecular weight is 537 g/mol.